The predicted octanol–water partition coefficient (Wildman–Crippen LogP) is 3.26. The van der Waals surface area contributed by atoms with Crippen molar-refractivity contribution in [3.05, 3.63) is 51.7 Å². The van der Waals surface area contributed by atoms with E-state index in [0.717, 1.165) is 17.1 Å². The molecular formula is C17H21ClFN3OS. The molecule has 1 aliphatic rings. The number of rotatable bonds is 7. The Hall–Kier alpha value is -1.50. The summed E-state index contributed by atoms with van der Waals surface area (Å²) in [5.41, 5.74) is 6.95. The summed E-state index contributed by atoms with van der Waals surface area (Å²) in [6.07, 6.45) is 3.03. The average Bonchev–Trinajstić information content (AvgIpc) is 3.24. The molecule has 2 aromatic rings. The third-order valence-electron chi connectivity index (χ3n) is 3.88. The van der Waals surface area contributed by atoms with Crippen LogP contribution in [0.25, 0.3) is 0 Å². The summed E-state index contributed by atoms with van der Waals surface area (Å²) in [6.45, 7) is 1.75. The third kappa shape index (κ3) is 5.00. The third-order valence-corrected chi connectivity index (χ3v) is 4.79. The van der Waals surface area contributed by atoms with Crippen molar-refractivity contribution in [1.29, 1.82) is 0 Å². The molecule has 1 aromatic heterocycles. The van der Waals surface area contributed by atoms with Gasteiger partial charge in [-0.25, -0.2) is 9.37 Å². The zero-order chi connectivity index (χ0) is 16.2. The average molecular weight is 370 g/mol. The van der Waals surface area contributed by atoms with E-state index in [2.05, 4.69) is 4.98 Å². The molecule has 1 fully saturated rings. The monoisotopic (exact) mass is 369 g/mol. The molecule has 3 rings (SSSR count). The van der Waals surface area contributed by atoms with Crippen molar-refractivity contribution in [2.45, 2.75) is 25.8 Å². The smallest absolute Gasteiger partial charge is 0.273 e. The van der Waals surface area contributed by atoms with Gasteiger partial charge in [0.2, 0.25) is 0 Å². The summed E-state index contributed by atoms with van der Waals surface area (Å²) in [7, 11) is 0. The maximum Gasteiger partial charge on any atom is 0.273 e. The Morgan fingerprint density at radius 1 is 1.33 bits per heavy atom. The first-order valence-electron chi connectivity index (χ1n) is 7.84. The second-order valence-electron chi connectivity index (χ2n) is 5.92. The number of amides is 1. The van der Waals surface area contributed by atoms with Gasteiger partial charge in [0.15, 0.2) is 0 Å². The molecule has 1 amide bonds. The van der Waals surface area contributed by atoms with Gasteiger partial charge in [0.1, 0.15) is 11.5 Å². The first kappa shape index (κ1) is 18.8. The normalized spacial score (nSPS) is 13.4. The van der Waals surface area contributed by atoms with Crippen LogP contribution in [0.3, 0.4) is 0 Å². The van der Waals surface area contributed by atoms with Gasteiger partial charge in [0.25, 0.3) is 5.91 Å². The number of aromatic nitrogens is 1. The largest absolute Gasteiger partial charge is 0.333 e. The number of nitrogens with zero attached hydrogens (tertiary/aromatic N) is 2. The number of hydrogen-bond donors (Lipinski definition) is 1. The van der Waals surface area contributed by atoms with E-state index in [1.54, 1.807) is 17.5 Å². The molecule has 7 heteroatoms. The van der Waals surface area contributed by atoms with Gasteiger partial charge in [0.05, 0.1) is 5.01 Å². The molecule has 4 nitrogen and oxygen atoms in total. The fourth-order valence-electron chi connectivity index (χ4n) is 2.45. The SMILES string of the molecule is Cl.NCCc1nc(C(=O)N(Cc2ccc(F)cc2)CC2CC2)cs1. The Bertz CT molecular complexity index is 673. The van der Waals surface area contributed by atoms with Crippen LogP contribution in [0.4, 0.5) is 4.39 Å². The first-order valence-corrected chi connectivity index (χ1v) is 8.72. The molecule has 1 heterocycles. The minimum absolute atomic E-state index is 0. The van der Waals surface area contributed by atoms with E-state index in [0.29, 0.717) is 31.1 Å². The number of carbonyl (C=O) groups is 1. The summed E-state index contributed by atoms with van der Waals surface area (Å²) in [6, 6.07) is 6.31. The van der Waals surface area contributed by atoms with Crippen molar-refractivity contribution >= 4 is 29.7 Å². The minimum atomic E-state index is -0.264. The van der Waals surface area contributed by atoms with Crippen molar-refractivity contribution in [3.8, 4) is 0 Å². The second kappa shape index (κ2) is 8.55. The number of thiazole rings is 1. The van der Waals surface area contributed by atoms with Gasteiger partial charge in [-0.05, 0) is 43.0 Å². The fourth-order valence-corrected chi connectivity index (χ4v) is 3.24. The molecule has 0 spiro atoms. The fraction of sp³-hybridized carbons (Fsp3) is 0.412. The maximum atomic E-state index is 13.0. The number of halogens is 2. The maximum absolute atomic E-state index is 13.0. The highest BCUT2D eigenvalue weighted by Gasteiger charge is 2.28. The lowest BCUT2D eigenvalue weighted by Gasteiger charge is -2.22. The summed E-state index contributed by atoms with van der Waals surface area (Å²) in [5.74, 6) is 0.266. The van der Waals surface area contributed by atoms with E-state index >= 15 is 0 Å². The van der Waals surface area contributed by atoms with Crippen LogP contribution in [-0.2, 0) is 13.0 Å². The highest BCUT2D eigenvalue weighted by molar-refractivity contribution is 7.09. The van der Waals surface area contributed by atoms with Crippen molar-refractivity contribution in [2.75, 3.05) is 13.1 Å². The number of nitrogens with two attached hydrogens (primary N) is 1. The number of hydrogen-bond acceptors (Lipinski definition) is 4. The molecule has 1 saturated carbocycles. The van der Waals surface area contributed by atoms with Crippen LogP contribution in [0.5, 0.6) is 0 Å². The molecule has 0 bridgehead atoms. The molecule has 24 heavy (non-hydrogen) atoms. The molecule has 130 valence electrons. The van der Waals surface area contributed by atoms with Crippen LogP contribution in [-0.4, -0.2) is 28.9 Å². The molecule has 1 aromatic carbocycles. The van der Waals surface area contributed by atoms with E-state index in [4.69, 9.17) is 5.73 Å². The lowest BCUT2D eigenvalue weighted by Crippen LogP contribution is -2.32. The van der Waals surface area contributed by atoms with Crippen LogP contribution in [0.1, 0.15) is 33.9 Å². The Kier molecular flexibility index (Phi) is 6.71. The van der Waals surface area contributed by atoms with Gasteiger partial charge in [0, 0.05) is 24.9 Å². The minimum Gasteiger partial charge on any atom is -0.333 e. The highest BCUT2D eigenvalue weighted by Crippen LogP contribution is 2.30. The summed E-state index contributed by atoms with van der Waals surface area (Å²) in [4.78, 5) is 19.0. The molecular weight excluding hydrogens is 349 g/mol. The molecule has 0 saturated heterocycles. The summed E-state index contributed by atoms with van der Waals surface area (Å²) < 4.78 is 13.0. The summed E-state index contributed by atoms with van der Waals surface area (Å²) in [5, 5.41) is 2.70. The van der Waals surface area contributed by atoms with E-state index in [9.17, 15) is 9.18 Å². The lowest BCUT2D eigenvalue weighted by molar-refractivity contribution is 0.0729. The van der Waals surface area contributed by atoms with Crippen molar-refractivity contribution in [1.82, 2.24) is 9.88 Å². The van der Waals surface area contributed by atoms with Crippen LogP contribution < -0.4 is 5.73 Å². The molecule has 1 aliphatic carbocycles. The quantitative estimate of drug-likeness (QED) is 0.814. The van der Waals surface area contributed by atoms with Gasteiger partial charge in [-0.15, -0.1) is 23.7 Å². The van der Waals surface area contributed by atoms with Crippen LogP contribution >= 0.6 is 23.7 Å². The van der Waals surface area contributed by atoms with E-state index in [1.807, 2.05) is 4.90 Å². The zero-order valence-corrected chi connectivity index (χ0v) is 14.9. The van der Waals surface area contributed by atoms with Gasteiger partial charge in [-0.1, -0.05) is 12.1 Å². The Labute approximate surface area is 151 Å². The lowest BCUT2D eigenvalue weighted by atomic mass is 10.2. The molecule has 0 aliphatic heterocycles. The standard InChI is InChI=1S/C17H20FN3OS.ClH/c18-14-5-3-13(4-6-14)10-21(9-12-1-2-12)17(22)15-11-23-16(20-15)7-8-19;/h3-6,11-12H,1-2,7-10,19H2;1H. The highest BCUT2D eigenvalue weighted by atomic mass is 35.5. The van der Waals surface area contributed by atoms with E-state index in [1.165, 1.54) is 36.3 Å². The van der Waals surface area contributed by atoms with Gasteiger partial charge in [-0.3, -0.25) is 4.79 Å². The van der Waals surface area contributed by atoms with Gasteiger partial charge >= 0.3 is 0 Å². The molecule has 0 unspecified atom stereocenters. The molecule has 2 N–H and O–H groups in total. The van der Waals surface area contributed by atoms with Crippen LogP contribution in [0.15, 0.2) is 29.6 Å². The van der Waals surface area contributed by atoms with Crippen LogP contribution in [0.2, 0.25) is 0 Å². The zero-order valence-electron chi connectivity index (χ0n) is 13.3. The Balaban J connectivity index is 0.00000208. The molecule has 0 radical (unpaired) electrons. The summed E-state index contributed by atoms with van der Waals surface area (Å²) >= 11 is 1.47. The first-order chi connectivity index (χ1) is 11.2. The Morgan fingerprint density at radius 3 is 2.67 bits per heavy atom. The number of benzene rings is 1. The topological polar surface area (TPSA) is 59.2 Å². The van der Waals surface area contributed by atoms with E-state index < -0.39 is 0 Å². The second-order valence-corrected chi connectivity index (χ2v) is 6.86. The van der Waals surface area contributed by atoms with Crippen LogP contribution in [0, 0.1) is 11.7 Å². The molecule has 0 atom stereocenters. The number of carbonyl (C=O) groups excluding carboxylic acids is 1. The van der Waals surface area contributed by atoms with Gasteiger partial charge in [-0.2, -0.15) is 0 Å². The van der Waals surface area contributed by atoms with Crippen molar-refractivity contribution in [2.24, 2.45) is 11.7 Å². The van der Waals surface area contributed by atoms with E-state index in [-0.39, 0.29) is 24.1 Å². The van der Waals surface area contributed by atoms with Crippen molar-refractivity contribution < 1.29 is 9.18 Å². The predicted molar refractivity (Wildman–Crippen MR) is 96.0 cm³/mol. The Morgan fingerprint density at radius 2 is 2.04 bits per heavy atom. The van der Waals surface area contributed by atoms with Crippen molar-refractivity contribution in [3.63, 3.8) is 0 Å². The van der Waals surface area contributed by atoms with Gasteiger partial charge < -0.3 is 10.6 Å².